The Kier molecular flexibility index (Phi) is 5.94. The van der Waals surface area contributed by atoms with Gasteiger partial charge in [0.05, 0.1) is 7.11 Å². The highest BCUT2D eigenvalue weighted by Gasteiger charge is 2.23. The molecule has 0 saturated heterocycles. The number of pyridine rings is 1. The lowest BCUT2D eigenvalue weighted by Crippen LogP contribution is -2.16. The predicted octanol–water partition coefficient (Wildman–Crippen LogP) is 4.53. The molecule has 1 amide bonds. The monoisotopic (exact) mass is 429 g/mol. The Balaban J connectivity index is 1.57. The number of methoxy groups -OCH3 is 1. The fourth-order valence-electron chi connectivity index (χ4n) is 3.07. The molecule has 4 rings (SSSR count). The van der Waals surface area contributed by atoms with Crippen molar-refractivity contribution in [2.75, 3.05) is 12.4 Å². The van der Waals surface area contributed by atoms with E-state index in [9.17, 15) is 9.59 Å². The SMILES string of the molecule is COc1nc(C(=O)Oc2ccccc2)ccc1NC(=O)c1c(-c2ccccc2)noc1C. The van der Waals surface area contributed by atoms with Gasteiger partial charge in [-0.05, 0) is 31.2 Å². The van der Waals surface area contributed by atoms with E-state index in [4.69, 9.17) is 14.0 Å². The lowest BCUT2D eigenvalue weighted by molar-refractivity contribution is 0.0727. The highest BCUT2D eigenvalue weighted by Crippen LogP contribution is 2.28. The second kappa shape index (κ2) is 9.13. The number of aromatic nitrogens is 2. The topological polar surface area (TPSA) is 104 Å². The van der Waals surface area contributed by atoms with Gasteiger partial charge in [0.1, 0.15) is 28.5 Å². The third-order valence-corrected chi connectivity index (χ3v) is 4.60. The molecule has 0 fully saturated rings. The number of rotatable bonds is 6. The maximum absolute atomic E-state index is 13.0. The minimum absolute atomic E-state index is 0.0369. The molecule has 0 aliphatic carbocycles. The summed E-state index contributed by atoms with van der Waals surface area (Å²) in [6, 6.07) is 20.9. The van der Waals surface area contributed by atoms with E-state index in [1.807, 2.05) is 36.4 Å². The van der Waals surface area contributed by atoms with Crippen molar-refractivity contribution in [3.05, 3.63) is 89.8 Å². The van der Waals surface area contributed by atoms with Crippen LogP contribution in [0.5, 0.6) is 11.6 Å². The molecule has 0 bridgehead atoms. The first-order chi connectivity index (χ1) is 15.6. The van der Waals surface area contributed by atoms with Gasteiger partial charge in [0.15, 0.2) is 5.69 Å². The van der Waals surface area contributed by atoms with E-state index in [1.165, 1.54) is 19.2 Å². The van der Waals surface area contributed by atoms with Gasteiger partial charge in [-0.1, -0.05) is 53.7 Å². The molecule has 0 saturated carbocycles. The van der Waals surface area contributed by atoms with Gasteiger partial charge < -0.3 is 19.3 Å². The van der Waals surface area contributed by atoms with E-state index in [1.54, 1.807) is 31.2 Å². The second-order valence-electron chi connectivity index (χ2n) is 6.74. The Morgan fingerprint density at radius 2 is 1.62 bits per heavy atom. The Morgan fingerprint density at radius 3 is 2.31 bits per heavy atom. The largest absolute Gasteiger partial charge is 0.479 e. The van der Waals surface area contributed by atoms with Gasteiger partial charge in [-0.15, -0.1) is 0 Å². The van der Waals surface area contributed by atoms with Crippen LogP contribution in [0.4, 0.5) is 5.69 Å². The van der Waals surface area contributed by atoms with E-state index in [0.717, 1.165) is 5.56 Å². The molecule has 2 aromatic carbocycles. The van der Waals surface area contributed by atoms with Crippen LogP contribution in [0.1, 0.15) is 26.6 Å². The van der Waals surface area contributed by atoms with Crippen LogP contribution >= 0.6 is 0 Å². The van der Waals surface area contributed by atoms with E-state index < -0.39 is 11.9 Å². The first-order valence-electron chi connectivity index (χ1n) is 9.72. The van der Waals surface area contributed by atoms with Crippen molar-refractivity contribution >= 4 is 17.6 Å². The molecule has 0 atom stereocenters. The number of carbonyl (C=O) groups is 2. The van der Waals surface area contributed by atoms with Gasteiger partial charge in [-0.3, -0.25) is 4.79 Å². The number of carbonyl (C=O) groups excluding carboxylic acids is 2. The summed E-state index contributed by atoms with van der Waals surface area (Å²) in [4.78, 5) is 29.6. The summed E-state index contributed by atoms with van der Waals surface area (Å²) in [5, 5.41) is 6.78. The number of para-hydroxylation sites is 1. The maximum atomic E-state index is 13.0. The summed E-state index contributed by atoms with van der Waals surface area (Å²) in [5.41, 5.74) is 1.79. The minimum atomic E-state index is -0.645. The zero-order valence-electron chi connectivity index (χ0n) is 17.4. The molecule has 0 spiro atoms. The zero-order valence-corrected chi connectivity index (χ0v) is 17.4. The van der Waals surface area contributed by atoms with E-state index in [-0.39, 0.29) is 17.3 Å². The first-order valence-corrected chi connectivity index (χ1v) is 9.72. The minimum Gasteiger partial charge on any atom is -0.479 e. The average molecular weight is 429 g/mol. The Bertz CT molecular complexity index is 1250. The van der Waals surface area contributed by atoms with Crippen LogP contribution in [-0.2, 0) is 0 Å². The number of amides is 1. The normalized spacial score (nSPS) is 10.4. The van der Waals surface area contributed by atoms with Gasteiger partial charge >= 0.3 is 5.97 Å². The molecule has 160 valence electrons. The smallest absolute Gasteiger partial charge is 0.362 e. The van der Waals surface area contributed by atoms with Gasteiger partial charge in [0.2, 0.25) is 5.88 Å². The number of nitrogens with one attached hydrogen (secondary N) is 1. The lowest BCUT2D eigenvalue weighted by atomic mass is 10.1. The van der Waals surface area contributed by atoms with Gasteiger partial charge in [-0.2, -0.15) is 0 Å². The molecule has 0 radical (unpaired) electrons. The van der Waals surface area contributed by atoms with E-state index in [2.05, 4.69) is 15.5 Å². The Morgan fingerprint density at radius 1 is 0.938 bits per heavy atom. The first kappa shape index (κ1) is 20.8. The van der Waals surface area contributed by atoms with Gasteiger partial charge in [0, 0.05) is 5.56 Å². The lowest BCUT2D eigenvalue weighted by Gasteiger charge is -2.11. The van der Waals surface area contributed by atoms with Crippen LogP contribution in [0.2, 0.25) is 0 Å². The average Bonchev–Trinajstić information content (AvgIpc) is 3.22. The van der Waals surface area contributed by atoms with Gasteiger partial charge in [-0.25, -0.2) is 9.78 Å². The third-order valence-electron chi connectivity index (χ3n) is 4.60. The van der Waals surface area contributed by atoms with Crippen LogP contribution in [0.15, 0.2) is 77.3 Å². The fraction of sp³-hybridized carbons (Fsp3) is 0.0833. The molecule has 8 heteroatoms. The van der Waals surface area contributed by atoms with E-state index >= 15 is 0 Å². The van der Waals surface area contributed by atoms with Crippen LogP contribution in [0.25, 0.3) is 11.3 Å². The standard InChI is InChI=1S/C24H19N3O5/c1-15-20(21(27-32-15)16-9-5-3-6-10-16)22(28)25-18-13-14-19(26-23(18)30-2)24(29)31-17-11-7-4-8-12-17/h3-14H,1-2H3,(H,25,28). The molecular weight excluding hydrogens is 410 g/mol. The molecule has 2 aromatic heterocycles. The summed E-state index contributed by atoms with van der Waals surface area (Å²) < 4.78 is 15.8. The molecule has 0 aliphatic rings. The number of benzene rings is 2. The summed E-state index contributed by atoms with van der Waals surface area (Å²) >= 11 is 0. The van der Waals surface area contributed by atoms with E-state index in [0.29, 0.717) is 22.8 Å². The predicted molar refractivity (Wildman–Crippen MR) is 117 cm³/mol. The number of ether oxygens (including phenoxy) is 2. The van der Waals surface area contributed by atoms with Crippen molar-refractivity contribution in [2.24, 2.45) is 0 Å². The Labute approximate surface area is 183 Å². The third kappa shape index (κ3) is 4.34. The summed E-state index contributed by atoms with van der Waals surface area (Å²) in [7, 11) is 1.39. The van der Waals surface area contributed by atoms with Crippen LogP contribution in [0.3, 0.4) is 0 Å². The number of aryl methyl sites for hydroxylation is 1. The van der Waals surface area contributed by atoms with Crippen molar-refractivity contribution in [1.82, 2.24) is 10.1 Å². The molecule has 32 heavy (non-hydrogen) atoms. The molecular formula is C24H19N3O5. The summed E-state index contributed by atoms with van der Waals surface area (Å²) in [6.45, 7) is 1.66. The number of nitrogens with zero attached hydrogens (tertiary/aromatic N) is 2. The summed E-state index contributed by atoms with van der Waals surface area (Å²) in [6.07, 6.45) is 0. The number of hydrogen-bond donors (Lipinski definition) is 1. The summed E-state index contributed by atoms with van der Waals surface area (Å²) in [5.74, 6) is -0.254. The molecule has 0 aliphatic heterocycles. The van der Waals surface area contributed by atoms with Crippen LogP contribution < -0.4 is 14.8 Å². The fourth-order valence-corrected chi connectivity index (χ4v) is 3.07. The number of hydrogen-bond acceptors (Lipinski definition) is 7. The van der Waals surface area contributed by atoms with Crippen molar-refractivity contribution in [3.8, 4) is 22.9 Å². The molecule has 0 unspecified atom stereocenters. The van der Waals surface area contributed by atoms with Crippen molar-refractivity contribution in [2.45, 2.75) is 6.92 Å². The molecule has 4 aromatic rings. The molecule has 8 nitrogen and oxygen atoms in total. The maximum Gasteiger partial charge on any atom is 0.362 e. The highest BCUT2D eigenvalue weighted by molar-refractivity contribution is 6.09. The van der Waals surface area contributed by atoms with Crippen molar-refractivity contribution in [3.63, 3.8) is 0 Å². The molecule has 2 heterocycles. The van der Waals surface area contributed by atoms with Gasteiger partial charge in [0.25, 0.3) is 5.91 Å². The second-order valence-corrected chi connectivity index (χ2v) is 6.74. The van der Waals surface area contributed by atoms with Crippen LogP contribution in [0, 0.1) is 6.92 Å². The number of esters is 1. The quantitative estimate of drug-likeness (QED) is 0.355. The zero-order chi connectivity index (χ0) is 22.5. The van der Waals surface area contributed by atoms with Crippen LogP contribution in [-0.4, -0.2) is 29.1 Å². The van der Waals surface area contributed by atoms with Crippen molar-refractivity contribution in [1.29, 1.82) is 0 Å². The molecule has 1 N–H and O–H groups in total. The number of anilines is 1. The Hall–Kier alpha value is -4.46. The van der Waals surface area contributed by atoms with Crippen molar-refractivity contribution < 1.29 is 23.6 Å². The highest BCUT2D eigenvalue weighted by atomic mass is 16.5.